The summed E-state index contributed by atoms with van der Waals surface area (Å²) in [6, 6.07) is 9.14. The molecule has 1 aliphatic carbocycles. The Morgan fingerprint density at radius 2 is 1.67 bits per heavy atom. The summed E-state index contributed by atoms with van der Waals surface area (Å²) in [5, 5.41) is 6.37. The first kappa shape index (κ1) is 22.5. The van der Waals surface area contributed by atoms with E-state index in [2.05, 4.69) is 42.7 Å². The number of alkyl halides is 3. The van der Waals surface area contributed by atoms with Crippen molar-refractivity contribution in [3.05, 3.63) is 63.7 Å². The number of anilines is 1. The van der Waals surface area contributed by atoms with Gasteiger partial charge in [-0.25, -0.2) is 0 Å². The van der Waals surface area contributed by atoms with Gasteiger partial charge >= 0.3 is 6.18 Å². The summed E-state index contributed by atoms with van der Waals surface area (Å²) >= 11 is 5.97. The number of benzene rings is 2. The maximum absolute atomic E-state index is 12.9. The van der Waals surface area contributed by atoms with Crippen LogP contribution in [-0.2, 0) is 6.18 Å². The average molecular weight is 439 g/mol. The first-order chi connectivity index (χ1) is 14.1. The first-order valence-corrected chi connectivity index (χ1v) is 10.5. The molecule has 0 atom stereocenters. The zero-order chi connectivity index (χ0) is 21.9. The quantitative estimate of drug-likeness (QED) is 0.569. The molecule has 0 unspecified atom stereocenters. The van der Waals surface area contributed by atoms with Crippen LogP contribution in [0.25, 0.3) is 0 Å². The minimum absolute atomic E-state index is 0.0202. The number of carbonyl (C=O) groups is 1. The molecule has 1 saturated carbocycles. The topological polar surface area (TPSA) is 41.1 Å². The number of carbonyl (C=O) groups excluding carboxylic acids is 1. The van der Waals surface area contributed by atoms with Crippen LogP contribution in [0.15, 0.2) is 36.4 Å². The molecule has 0 radical (unpaired) electrons. The third-order valence-corrected chi connectivity index (χ3v) is 5.87. The van der Waals surface area contributed by atoms with Gasteiger partial charge in [-0.2, -0.15) is 13.2 Å². The van der Waals surface area contributed by atoms with E-state index in [1.807, 2.05) is 0 Å². The number of hydrogen-bond acceptors (Lipinski definition) is 2. The third-order valence-electron chi connectivity index (χ3n) is 5.54. The molecule has 2 N–H and O–H groups in total. The Morgan fingerprint density at radius 3 is 2.27 bits per heavy atom. The van der Waals surface area contributed by atoms with E-state index in [1.165, 1.54) is 11.1 Å². The normalized spacial score (nSPS) is 19.4. The molecule has 30 heavy (non-hydrogen) atoms. The minimum Gasteiger partial charge on any atom is -0.385 e. The summed E-state index contributed by atoms with van der Waals surface area (Å²) in [6.07, 6.45) is -1.04. The lowest BCUT2D eigenvalue weighted by atomic mass is 9.85. The van der Waals surface area contributed by atoms with Crippen LogP contribution >= 0.6 is 11.6 Å². The molecular formula is C23H26ClF3N2O. The molecule has 2 aromatic carbocycles. The molecule has 3 nitrogen and oxygen atoms in total. The van der Waals surface area contributed by atoms with Gasteiger partial charge < -0.3 is 10.6 Å². The Morgan fingerprint density at radius 1 is 1.03 bits per heavy atom. The summed E-state index contributed by atoms with van der Waals surface area (Å²) in [7, 11) is 0. The largest absolute Gasteiger partial charge is 0.416 e. The fourth-order valence-corrected chi connectivity index (χ4v) is 4.19. The van der Waals surface area contributed by atoms with E-state index in [1.54, 1.807) is 0 Å². The first-order valence-electron chi connectivity index (χ1n) is 10.1. The average Bonchev–Trinajstić information content (AvgIpc) is 2.66. The molecule has 2 aromatic rings. The van der Waals surface area contributed by atoms with E-state index in [-0.39, 0.29) is 16.6 Å². The number of amides is 1. The highest BCUT2D eigenvalue weighted by Crippen LogP contribution is 2.32. The Labute approximate surface area is 180 Å². The summed E-state index contributed by atoms with van der Waals surface area (Å²) in [6.45, 7) is 5.01. The lowest BCUT2D eigenvalue weighted by molar-refractivity contribution is -0.137. The summed E-state index contributed by atoms with van der Waals surface area (Å²) in [5.74, 6) is -0.0565. The second-order valence-corrected chi connectivity index (χ2v) is 8.55. The molecule has 0 aromatic heterocycles. The predicted molar refractivity (Wildman–Crippen MR) is 114 cm³/mol. The van der Waals surface area contributed by atoms with Gasteiger partial charge in [-0.3, -0.25) is 4.79 Å². The van der Waals surface area contributed by atoms with Crippen molar-refractivity contribution in [2.24, 2.45) is 5.92 Å². The molecule has 1 aliphatic rings. The monoisotopic (exact) mass is 438 g/mol. The van der Waals surface area contributed by atoms with E-state index in [0.29, 0.717) is 5.92 Å². The number of hydrogen-bond donors (Lipinski definition) is 2. The Bertz CT molecular complexity index is 886. The van der Waals surface area contributed by atoms with Crippen molar-refractivity contribution in [1.82, 2.24) is 5.32 Å². The second-order valence-electron chi connectivity index (χ2n) is 8.14. The zero-order valence-electron chi connectivity index (χ0n) is 17.1. The van der Waals surface area contributed by atoms with Crippen molar-refractivity contribution in [3.63, 3.8) is 0 Å². The molecule has 0 aliphatic heterocycles. The highest BCUT2D eigenvalue weighted by Gasteiger charge is 2.32. The Hall–Kier alpha value is -2.21. The fraction of sp³-hybridized carbons (Fsp3) is 0.435. The van der Waals surface area contributed by atoms with Gasteiger partial charge in [0.1, 0.15) is 0 Å². The maximum atomic E-state index is 12.9. The Kier molecular flexibility index (Phi) is 6.96. The highest BCUT2D eigenvalue weighted by atomic mass is 35.5. The maximum Gasteiger partial charge on any atom is 0.416 e. The van der Waals surface area contributed by atoms with Gasteiger partial charge in [0, 0.05) is 18.3 Å². The number of rotatable bonds is 5. The third kappa shape index (κ3) is 5.91. The van der Waals surface area contributed by atoms with Crippen LogP contribution in [0.2, 0.25) is 5.02 Å². The van der Waals surface area contributed by atoms with E-state index in [9.17, 15) is 18.0 Å². The van der Waals surface area contributed by atoms with E-state index >= 15 is 0 Å². The van der Waals surface area contributed by atoms with Crippen molar-refractivity contribution < 1.29 is 18.0 Å². The molecule has 162 valence electrons. The standard InChI is InChI=1S/C23H26ClF3N2O/c1-14-9-15(2)11-19(10-14)28-13-16-3-6-18(7-4-16)29-22(30)20-12-17(23(25,26)27)5-8-21(20)24/h5,8-12,16,18,28H,3-4,6-7,13H2,1-2H3,(H,29,30)/t16-,18-. The van der Waals surface area contributed by atoms with Crippen molar-refractivity contribution in [1.29, 1.82) is 0 Å². The molecule has 0 spiro atoms. The van der Waals surface area contributed by atoms with Gasteiger partial charge in [0.25, 0.3) is 5.91 Å². The second kappa shape index (κ2) is 9.29. The minimum atomic E-state index is -4.51. The van der Waals surface area contributed by atoms with Crippen LogP contribution in [0.1, 0.15) is 52.7 Å². The van der Waals surface area contributed by atoms with Crippen LogP contribution in [0, 0.1) is 19.8 Å². The Balaban J connectivity index is 1.51. The number of aryl methyl sites for hydroxylation is 2. The molecule has 1 amide bonds. The van der Waals surface area contributed by atoms with Gasteiger partial charge in [-0.15, -0.1) is 0 Å². The predicted octanol–water partition coefficient (Wildman–Crippen LogP) is 6.38. The van der Waals surface area contributed by atoms with Gasteiger partial charge in [-0.1, -0.05) is 17.7 Å². The number of halogens is 4. The molecular weight excluding hydrogens is 413 g/mol. The van der Waals surface area contributed by atoms with Gasteiger partial charge in [0.2, 0.25) is 0 Å². The summed E-state index contributed by atoms with van der Waals surface area (Å²) < 4.78 is 38.8. The van der Waals surface area contributed by atoms with Crippen LogP contribution in [-0.4, -0.2) is 18.5 Å². The van der Waals surface area contributed by atoms with E-state index < -0.39 is 17.6 Å². The van der Waals surface area contributed by atoms with Crippen LogP contribution in [0.4, 0.5) is 18.9 Å². The van der Waals surface area contributed by atoms with Crippen LogP contribution in [0.5, 0.6) is 0 Å². The molecule has 1 fully saturated rings. The van der Waals surface area contributed by atoms with Crippen LogP contribution < -0.4 is 10.6 Å². The van der Waals surface area contributed by atoms with Gasteiger partial charge in [-0.05, 0) is 86.9 Å². The fourth-order valence-electron chi connectivity index (χ4n) is 3.99. The van der Waals surface area contributed by atoms with E-state index in [0.717, 1.165) is 56.1 Å². The summed E-state index contributed by atoms with van der Waals surface area (Å²) in [5.41, 5.74) is 2.54. The van der Waals surface area contributed by atoms with Crippen molar-refractivity contribution in [3.8, 4) is 0 Å². The van der Waals surface area contributed by atoms with Crippen molar-refractivity contribution in [2.75, 3.05) is 11.9 Å². The highest BCUT2D eigenvalue weighted by molar-refractivity contribution is 6.33. The molecule has 0 heterocycles. The molecule has 0 saturated heterocycles. The van der Waals surface area contributed by atoms with Crippen molar-refractivity contribution >= 4 is 23.2 Å². The van der Waals surface area contributed by atoms with Crippen LogP contribution in [0.3, 0.4) is 0 Å². The zero-order valence-corrected chi connectivity index (χ0v) is 17.8. The van der Waals surface area contributed by atoms with Gasteiger partial charge in [0.15, 0.2) is 0 Å². The van der Waals surface area contributed by atoms with E-state index in [4.69, 9.17) is 11.6 Å². The smallest absolute Gasteiger partial charge is 0.385 e. The molecule has 7 heteroatoms. The molecule has 3 rings (SSSR count). The lowest BCUT2D eigenvalue weighted by Gasteiger charge is -2.29. The lowest BCUT2D eigenvalue weighted by Crippen LogP contribution is -2.38. The number of nitrogens with one attached hydrogen (secondary N) is 2. The summed E-state index contributed by atoms with van der Waals surface area (Å²) in [4.78, 5) is 12.5. The van der Waals surface area contributed by atoms with Gasteiger partial charge in [0.05, 0.1) is 16.1 Å². The van der Waals surface area contributed by atoms with Crippen molar-refractivity contribution in [2.45, 2.75) is 51.7 Å². The SMILES string of the molecule is Cc1cc(C)cc(NC[C@H]2CC[C@H](NC(=O)c3cc(C(F)(F)F)ccc3Cl)CC2)c1. The molecule has 0 bridgehead atoms.